The van der Waals surface area contributed by atoms with Crippen molar-refractivity contribution in [2.45, 2.75) is 0 Å². The fourth-order valence-corrected chi connectivity index (χ4v) is 2.17. The van der Waals surface area contributed by atoms with Crippen molar-refractivity contribution in [3.8, 4) is 11.4 Å². The summed E-state index contributed by atoms with van der Waals surface area (Å²) in [6.45, 7) is 0. The van der Waals surface area contributed by atoms with E-state index in [0.717, 1.165) is 12.1 Å². The van der Waals surface area contributed by atoms with Gasteiger partial charge in [-0.2, -0.15) is 0 Å². The van der Waals surface area contributed by atoms with Gasteiger partial charge in [0.25, 0.3) is 0 Å². The molecule has 0 saturated carbocycles. The Morgan fingerprint density at radius 2 is 1.75 bits per heavy atom. The smallest absolute Gasteiger partial charge is 0.160 e. The monoisotopic (exact) mass is 277 g/mol. The number of fused-ring (bicyclic) bond motifs is 1. The highest BCUT2D eigenvalue weighted by Crippen LogP contribution is 2.30. The lowest BCUT2D eigenvalue weighted by molar-refractivity contribution is 0.509. The fourth-order valence-electron chi connectivity index (χ4n) is 2.17. The number of benzene rings is 2. The number of hydrogen-bond acceptors (Lipinski definition) is 2. The van der Waals surface area contributed by atoms with Crippen molar-refractivity contribution in [3.63, 3.8) is 0 Å². The zero-order valence-electron chi connectivity index (χ0n) is 10.5. The Morgan fingerprint density at radius 3 is 2.50 bits per heavy atom. The molecule has 102 valence electrons. The van der Waals surface area contributed by atoms with Gasteiger partial charge in [-0.3, -0.25) is 0 Å². The average Bonchev–Trinajstić information content (AvgIpc) is 2.70. The minimum absolute atomic E-state index is 0.0720. The third-order valence-electron chi connectivity index (χ3n) is 3.18. The first kappa shape index (κ1) is 12.5. The fraction of sp³-hybridized carbons (Fsp3) is 0.0714. The number of hydrogen-bond donors (Lipinski definition) is 1. The summed E-state index contributed by atoms with van der Waals surface area (Å²) < 4.78 is 41.3. The van der Waals surface area contributed by atoms with Crippen LogP contribution in [0.15, 0.2) is 30.3 Å². The van der Waals surface area contributed by atoms with Gasteiger partial charge in [0.15, 0.2) is 11.6 Å². The molecule has 0 aliphatic carbocycles. The Hall–Kier alpha value is -2.50. The van der Waals surface area contributed by atoms with E-state index in [-0.39, 0.29) is 11.3 Å². The maximum Gasteiger partial charge on any atom is 0.160 e. The molecule has 0 unspecified atom stereocenters. The number of anilines is 1. The summed E-state index contributed by atoms with van der Waals surface area (Å²) in [5.41, 5.74) is 7.14. The molecule has 2 N–H and O–H groups in total. The number of nitrogens with zero attached hydrogens (tertiary/aromatic N) is 2. The largest absolute Gasteiger partial charge is 0.398 e. The molecular weight excluding hydrogens is 267 g/mol. The van der Waals surface area contributed by atoms with E-state index >= 15 is 0 Å². The molecule has 2 aromatic carbocycles. The van der Waals surface area contributed by atoms with Crippen LogP contribution in [-0.4, -0.2) is 9.55 Å². The van der Waals surface area contributed by atoms with Crippen molar-refractivity contribution in [1.82, 2.24) is 9.55 Å². The molecule has 3 nitrogen and oxygen atoms in total. The number of nitrogens with two attached hydrogens (primary N) is 1. The molecular formula is C14H10F3N3. The predicted molar refractivity (Wildman–Crippen MR) is 70.4 cm³/mol. The van der Waals surface area contributed by atoms with E-state index in [0.29, 0.717) is 16.9 Å². The molecule has 0 aliphatic rings. The van der Waals surface area contributed by atoms with Crippen LogP contribution in [0.1, 0.15) is 0 Å². The lowest BCUT2D eigenvalue weighted by atomic mass is 10.1. The second-order valence-electron chi connectivity index (χ2n) is 4.48. The number of imidazole rings is 1. The van der Waals surface area contributed by atoms with Crippen LogP contribution in [0.25, 0.3) is 22.4 Å². The topological polar surface area (TPSA) is 43.8 Å². The van der Waals surface area contributed by atoms with Crippen molar-refractivity contribution in [3.05, 3.63) is 47.8 Å². The summed E-state index contributed by atoms with van der Waals surface area (Å²) in [6.07, 6.45) is 0. The molecule has 0 aliphatic heterocycles. The first-order valence-corrected chi connectivity index (χ1v) is 5.84. The lowest BCUT2D eigenvalue weighted by Crippen LogP contribution is -1.99. The van der Waals surface area contributed by atoms with E-state index in [9.17, 15) is 13.2 Å². The number of aryl methyl sites for hydroxylation is 1. The van der Waals surface area contributed by atoms with Crippen LogP contribution >= 0.6 is 0 Å². The predicted octanol–water partition coefficient (Wildman–Crippen LogP) is 3.24. The minimum Gasteiger partial charge on any atom is -0.398 e. The quantitative estimate of drug-likeness (QED) is 0.694. The minimum atomic E-state index is -1.02. The van der Waals surface area contributed by atoms with E-state index in [1.165, 1.54) is 12.1 Å². The summed E-state index contributed by atoms with van der Waals surface area (Å²) in [7, 11) is 1.70. The van der Waals surface area contributed by atoms with Gasteiger partial charge in [0.1, 0.15) is 11.6 Å². The molecule has 20 heavy (non-hydrogen) atoms. The van der Waals surface area contributed by atoms with Crippen LogP contribution < -0.4 is 5.73 Å². The van der Waals surface area contributed by atoms with Crippen LogP contribution in [0.5, 0.6) is 0 Å². The van der Waals surface area contributed by atoms with Gasteiger partial charge in [-0.15, -0.1) is 0 Å². The Balaban J connectivity index is 2.30. The summed E-state index contributed by atoms with van der Waals surface area (Å²) in [6, 6.07) is 6.04. The van der Waals surface area contributed by atoms with Gasteiger partial charge in [0.2, 0.25) is 0 Å². The zero-order chi connectivity index (χ0) is 14.4. The van der Waals surface area contributed by atoms with Crippen molar-refractivity contribution in [1.29, 1.82) is 0 Å². The standard InChI is InChI=1S/C14H10F3N3/c1-20-13-3-2-7(15)4-12(13)19-14(20)8-5-9(16)10(17)6-11(8)18/h2-6H,18H2,1H3. The van der Waals surface area contributed by atoms with E-state index in [2.05, 4.69) is 4.98 Å². The molecule has 3 rings (SSSR count). The molecule has 1 aromatic heterocycles. The van der Waals surface area contributed by atoms with Gasteiger partial charge in [-0.05, 0) is 18.2 Å². The average molecular weight is 277 g/mol. The third-order valence-corrected chi connectivity index (χ3v) is 3.18. The van der Waals surface area contributed by atoms with Gasteiger partial charge < -0.3 is 10.3 Å². The first-order chi connectivity index (χ1) is 9.47. The third kappa shape index (κ3) is 1.80. The number of aromatic nitrogens is 2. The highest BCUT2D eigenvalue weighted by Gasteiger charge is 2.15. The maximum absolute atomic E-state index is 13.4. The van der Waals surface area contributed by atoms with Crippen LogP contribution in [0, 0.1) is 17.5 Å². The molecule has 0 saturated heterocycles. The molecule has 0 fully saturated rings. The second kappa shape index (κ2) is 4.26. The molecule has 0 radical (unpaired) electrons. The van der Waals surface area contributed by atoms with Crippen LogP contribution in [0.4, 0.5) is 18.9 Å². The summed E-state index contributed by atoms with van der Waals surface area (Å²) in [4.78, 5) is 4.23. The molecule has 0 spiro atoms. The van der Waals surface area contributed by atoms with Crippen LogP contribution in [0.3, 0.4) is 0 Å². The van der Waals surface area contributed by atoms with Crippen molar-refractivity contribution < 1.29 is 13.2 Å². The van der Waals surface area contributed by atoms with Crippen molar-refractivity contribution in [2.24, 2.45) is 7.05 Å². The number of rotatable bonds is 1. The number of halogens is 3. The Morgan fingerprint density at radius 1 is 1.05 bits per heavy atom. The van der Waals surface area contributed by atoms with Crippen molar-refractivity contribution >= 4 is 16.7 Å². The molecule has 6 heteroatoms. The Labute approximate surface area is 112 Å². The normalized spacial score (nSPS) is 11.2. The summed E-state index contributed by atoms with van der Waals surface area (Å²) in [5.74, 6) is -2.09. The van der Waals surface area contributed by atoms with Crippen molar-refractivity contribution in [2.75, 3.05) is 5.73 Å². The van der Waals surface area contributed by atoms with Gasteiger partial charge in [-0.25, -0.2) is 18.2 Å². The number of nitrogen functional groups attached to an aromatic ring is 1. The Kier molecular flexibility index (Phi) is 2.67. The van der Waals surface area contributed by atoms with E-state index in [1.807, 2.05) is 0 Å². The van der Waals surface area contributed by atoms with E-state index < -0.39 is 17.5 Å². The molecule has 1 heterocycles. The van der Waals surface area contributed by atoms with Gasteiger partial charge in [-0.1, -0.05) is 0 Å². The molecule has 0 amide bonds. The molecule has 0 bridgehead atoms. The van der Waals surface area contributed by atoms with E-state index in [4.69, 9.17) is 5.73 Å². The highest BCUT2D eigenvalue weighted by atomic mass is 19.2. The second-order valence-corrected chi connectivity index (χ2v) is 4.48. The maximum atomic E-state index is 13.4. The van der Waals surface area contributed by atoms with Crippen LogP contribution in [-0.2, 0) is 7.05 Å². The Bertz CT molecular complexity index is 824. The van der Waals surface area contributed by atoms with E-state index in [1.54, 1.807) is 17.7 Å². The van der Waals surface area contributed by atoms with Gasteiger partial charge >= 0.3 is 0 Å². The van der Waals surface area contributed by atoms with Gasteiger partial charge in [0, 0.05) is 30.4 Å². The molecule has 3 aromatic rings. The first-order valence-electron chi connectivity index (χ1n) is 5.84. The SMILES string of the molecule is Cn1c(-c2cc(F)c(F)cc2N)nc2cc(F)ccc21. The zero-order valence-corrected chi connectivity index (χ0v) is 10.5. The lowest BCUT2D eigenvalue weighted by Gasteiger charge is -2.06. The summed E-state index contributed by atoms with van der Waals surface area (Å²) in [5, 5.41) is 0. The molecule has 0 atom stereocenters. The van der Waals surface area contributed by atoms with Gasteiger partial charge in [0.05, 0.1) is 11.0 Å². The summed E-state index contributed by atoms with van der Waals surface area (Å²) >= 11 is 0. The van der Waals surface area contributed by atoms with Crippen LogP contribution in [0.2, 0.25) is 0 Å². The highest BCUT2D eigenvalue weighted by molar-refractivity contribution is 5.83.